The molecule has 2 N–H and O–H groups in total. The first-order chi connectivity index (χ1) is 12.2. The molecule has 152 valence electrons. The van der Waals surface area contributed by atoms with Crippen molar-refractivity contribution in [2.45, 2.75) is 25.6 Å². The van der Waals surface area contributed by atoms with Crippen molar-refractivity contribution >= 4 is 24.3 Å². The number of halogens is 4. The van der Waals surface area contributed by atoms with Crippen LogP contribution in [0.3, 0.4) is 0 Å². The zero-order valence-corrected chi connectivity index (χ0v) is 15.3. The fourth-order valence-electron chi connectivity index (χ4n) is 2.71. The molecule has 10 heteroatoms. The van der Waals surface area contributed by atoms with E-state index in [1.807, 2.05) is 4.90 Å². The van der Waals surface area contributed by atoms with Gasteiger partial charge in [-0.2, -0.15) is 13.2 Å². The summed E-state index contributed by atoms with van der Waals surface area (Å²) in [5.41, 5.74) is 0.627. The number of carboxylic acids is 1. The standard InChI is InChI=1S/C17H21F3N2O4.ClH/c18-17(19,20)11-26-14-3-1-2-12(8-14)9-21-15(23)10-22-6-4-13(5-7-22)16(24)25;/h1-3,8,13H,4-7,9-11H2,(H,21,23)(H,24,25);1H. The quantitative estimate of drug-likeness (QED) is 0.722. The van der Waals surface area contributed by atoms with Crippen LogP contribution < -0.4 is 10.1 Å². The Balaban J connectivity index is 0.00000364. The highest BCUT2D eigenvalue weighted by atomic mass is 35.5. The first-order valence-corrected chi connectivity index (χ1v) is 8.23. The molecule has 1 aromatic carbocycles. The minimum atomic E-state index is -4.40. The van der Waals surface area contributed by atoms with Gasteiger partial charge in [0.15, 0.2) is 6.61 Å². The number of carbonyl (C=O) groups is 2. The zero-order chi connectivity index (χ0) is 19.2. The van der Waals surface area contributed by atoms with Gasteiger partial charge >= 0.3 is 12.1 Å². The van der Waals surface area contributed by atoms with Crippen molar-refractivity contribution in [3.63, 3.8) is 0 Å². The maximum Gasteiger partial charge on any atom is 0.422 e. The summed E-state index contributed by atoms with van der Waals surface area (Å²) in [7, 11) is 0. The van der Waals surface area contributed by atoms with Crippen LogP contribution in [0.15, 0.2) is 24.3 Å². The molecule has 6 nitrogen and oxygen atoms in total. The van der Waals surface area contributed by atoms with Gasteiger partial charge < -0.3 is 15.2 Å². The SMILES string of the molecule is Cl.O=C(CN1CCC(C(=O)O)CC1)NCc1cccc(OCC(F)(F)F)c1. The maximum absolute atomic E-state index is 12.2. The average molecular weight is 411 g/mol. The van der Waals surface area contributed by atoms with E-state index in [2.05, 4.69) is 10.1 Å². The third-order valence-electron chi connectivity index (χ3n) is 4.09. The number of carboxylic acid groups (broad SMARTS) is 1. The van der Waals surface area contributed by atoms with Crippen LogP contribution in [-0.2, 0) is 16.1 Å². The second-order valence-electron chi connectivity index (χ2n) is 6.22. The fraction of sp³-hybridized carbons (Fsp3) is 0.529. The molecular weight excluding hydrogens is 389 g/mol. The molecule has 0 unspecified atom stereocenters. The Morgan fingerprint density at radius 3 is 2.52 bits per heavy atom. The summed E-state index contributed by atoms with van der Waals surface area (Å²) in [5.74, 6) is -1.29. The van der Waals surface area contributed by atoms with Gasteiger partial charge in [0.1, 0.15) is 5.75 Å². The van der Waals surface area contributed by atoms with E-state index < -0.39 is 18.8 Å². The van der Waals surface area contributed by atoms with E-state index in [-0.39, 0.29) is 43.1 Å². The number of piperidine rings is 1. The van der Waals surface area contributed by atoms with E-state index in [1.165, 1.54) is 12.1 Å². The first-order valence-electron chi connectivity index (χ1n) is 8.23. The van der Waals surface area contributed by atoms with Crippen LogP contribution in [0, 0.1) is 5.92 Å². The molecule has 0 aromatic heterocycles. The summed E-state index contributed by atoms with van der Waals surface area (Å²) in [6.45, 7) is 0.0651. The van der Waals surface area contributed by atoms with E-state index in [1.54, 1.807) is 12.1 Å². The lowest BCUT2D eigenvalue weighted by molar-refractivity contribution is -0.153. The number of hydrogen-bond donors (Lipinski definition) is 2. The molecule has 1 aromatic rings. The largest absolute Gasteiger partial charge is 0.484 e. The van der Waals surface area contributed by atoms with Crippen molar-refractivity contribution in [2.75, 3.05) is 26.2 Å². The van der Waals surface area contributed by atoms with Gasteiger partial charge in [-0.25, -0.2) is 0 Å². The fourth-order valence-corrected chi connectivity index (χ4v) is 2.71. The highest BCUT2D eigenvalue weighted by molar-refractivity contribution is 5.85. The summed E-state index contributed by atoms with van der Waals surface area (Å²) in [5, 5.41) is 11.7. The van der Waals surface area contributed by atoms with Gasteiger partial charge in [0.05, 0.1) is 12.5 Å². The van der Waals surface area contributed by atoms with Gasteiger partial charge in [-0.05, 0) is 43.6 Å². The Morgan fingerprint density at radius 1 is 1.26 bits per heavy atom. The molecule has 0 radical (unpaired) electrons. The molecule has 0 aliphatic carbocycles. The van der Waals surface area contributed by atoms with Crippen LogP contribution in [0.25, 0.3) is 0 Å². The summed E-state index contributed by atoms with van der Waals surface area (Å²) >= 11 is 0. The highest BCUT2D eigenvalue weighted by Gasteiger charge is 2.28. The molecule has 1 saturated heterocycles. The average Bonchev–Trinajstić information content (AvgIpc) is 2.58. The molecule has 1 aliphatic heterocycles. The number of rotatable bonds is 7. The van der Waals surface area contributed by atoms with Crippen LogP contribution in [0.1, 0.15) is 18.4 Å². The van der Waals surface area contributed by atoms with Crippen LogP contribution >= 0.6 is 12.4 Å². The Morgan fingerprint density at radius 2 is 1.93 bits per heavy atom. The molecule has 27 heavy (non-hydrogen) atoms. The lowest BCUT2D eigenvalue weighted by Crippen LogP contribution is -2.42. The van der Waals surface area contributed by atoms with E-state index in [9.17, 15) is 22.8 Å². The highest BCUT2D eigenvalue weighted by Crippen LogP contribution is 2.19. The number of alkyl halides is 3. The van der Waals surface area contributed by atoms with Gasteiger partial charge in [-0.15, -0.1) is 12.4 Å². The monoisotopic (exact) mass is 410 g/mol. The molecule has 1 aliphatic rings. The third-order valence-corrected chi connectivity index (χ3v) is 4.09. The smallest absolute Gasteiger partial charge is 0.422 e. The molecular formula is C17H22ClF3N2O4. The molecule has 2 rings (SSSR count). The van der Waals surface area contributed by atoms with Crippen molar-refractivity contribution in [3.8, 4) is 5.75 Å². The van der Waals surface area contributed by atoms with E-state index >= 15 is 0 Å². The maximum atomic E-state index is 12.2. The van der Waals surface area contributed by atoms with E-state index in [0.29, 0.717) is 31.5 Å². The lowest BCUT2D eigenvalue weighted by atomic mass is 9.97. The van der Waals surface area contributed by atoms with Gasteiger partial charge in [0.2, 0.25) is 5.91 Å². The van der Waals surface area contributed by atoms with E-state index in [0.717, 1.165) is 0 Å². The van der Waals surface area contributed by atoms with Crippen molar-refractivity contribution in [3.05, 3.63) is 29.8 Å². The predicted octanol–water partition coefficient (Wildman–Crippen LogP) is 2.46. The molecule has 0 spiro atoms. The van der Waals surface area contributed by atoms with Crippen molar-refractivity contribution < 1.29 is 32.6 Å². The number of likely N-dealkylation sites (tertiary alicyclic amines) is 1. The minimum Gasteiger partial charge on any atom is -0.484 e. The number of nitrogens with zero attached hydrogens (tertiary/aromatic N) is 1. The van der Waals surface area contributed by atoms with Crippen molar-refractivity contribution in [1.82, 2.24) is 10.2 Å². The van der Waals surface area contributed by atoms with Crippen molar-refractivity contribution in [2.24, 2.45) is 5.92 Å². The van der Waals surface area contributed by atoms with Crippen LogP contribution in [0.4, 0.5) is 13.2 Å². The van der Waals surface area contributed by atoms with Crippen LogP contribution in [0.5, 0.6) is 5.75 Å². The predicted molar refractivity (Wildman–Crippen MR) is 93.9 cm³/mol. The van der Waals surface area contributed by atoms with Crippen LogP contribution in [0.2, 0.25) is 0 Å². The topological polar surface area (TPSA) is 78.9 Å². The minimum absolute atomic E-state index is 0. The van der Waals surface area contributed by atoms with E-state index in [4.69, 9.17) is 5.11 Å². The number of nitrogens with one attached hydrogen (secondary N) is 1. The molecule has 1 amide bonds. The summed E-state index contributed by atoms with van der Waals surface area (Å²) in [6.07, 6.45) is -3.37. The Bertz CT molecular complexity index is 635. The number of benzene rings is 1. The lowest BCUT2D eigenvalue weighted by Gasteiger charge is -2.29. The Hall–Kier alpha value is -2.00. The number of amides is 1. The molecule has 0 bridgehead atoms. The normalized spacial score (nSPS) is 15.7. The summed E-state index contributed by atoms with van der Waals surface area (Å²) in [6, 6.07) is 6.11. The van der Waals surface area contributed by atoms with Crippen molar-refractivity contribution in [1.29, 1.82) is 0 Å². The third kappa shape index (κ3) is 8.49. The first kappa shape index (κ1) is 23.0. The van der Waals surface area contributed by atoms with Gasteiger partial charge in [0.25, 0.3) is 0 Å². The number of ether oxygens (including phenoxy) is 1. The Labute approximate surface area is 161 Å². The number of carbonyl (C=O) groups excluding carboxylic acids is 1. The Kier molecular flexibility index (Phi) is 8.84. The number of hydrogen-bond acceptors (Lipinski definition) is 4. The zero-order valence-electron chi connectivity index (χ0n) is 14.5. The second-order valence-corrected chi connectivity index (χ2v) is 6.22. The molecule has 1 heterocycles. The van der Waals surface area contributed by atoms with Crippen LogP contribution in [-0.4, -0.2) is 54.3 Å². The molecule has 0 saturated carbocycles. The summed E-state index contributed by atoms with van der Waals surface area (Å²) < 4.78 is 41.2. The summed E-state index contributed by atoms with van der Waals surface area (Å²) in [4.78, 5) is 24.8. The van der Waals surface area contributed by atoms with Gasteiger partial charge in [-0.1, -0.05) is 12.1 Å². The molecule has 0 atom stereocenters. The van der Waals surface area contributed by atoms with Gasteiger partial charge in [0, 0.05) is 6.54 Å². The second kappa shape index (κ2) is 10.4. The number of aliphatic carboxylic acids is 1. The van der Waals surface area contributed by atoms with Gasteiger partial charge in [-0.3, -0.25) is 14.5 Å². The molecule has 1 fully saturated rings.